The average molecular weight is 427 g/mol. The van der Waals surface area contributed by atoms with E-state index in [0.29, 0.717) is 17.3 Å². The molecule has 4 heterocycles. The van der Waals surface area contributed by atoms with Gasteiger partial charge in [0, 0.05) is 63.6 Å². The molecule has 6 nitrogen and oxygen atoms in total. The van der Waals surface area contributed by atoms with Crippen LogP contribution >= 0.6 is 0 Å². The normalized spacial score (nSPS) is 21.1. The van der Waals surface area contributed by atoms with E-state index in [1.54, 1.807) is 6.20 Å². The van der Waals surface area contributed by atoms with Gasteiger partial charge in [0.2, 0.25) is 0 Å². The molecule has 0 saturated carbocycles. The van der Waals surface area contributed by atoms with Gasteiger partial charge < -0.3 is 19.7 Å². The number of benzene rings is 1. The minimum absolute atomic E-state index is 0.395. The van der Waals surface area contributed by atoms with Gasteiger partial charge in [0.15, 0.2) is 5.82 Å². The lowest BCUT2D eigenvalue weighted by atomic mass is 9.97. The fraction of sp³-hybridized carbons (Fsp3) is 0.478. The Morgan fingerprint density at radius 3 is 2.61 bits per heavy atom. The summed E-state index contributed by atoms with van der Waals surface area (Å²) in [6.45, 7) is 7.55. The Hall–Kier alpha value is -2.58. The molecule has 2 aliphatic rings. The average Bonchev–Trinajstić information content (AvgIpc) is 3.19. The number of nitrogens with one attached hydrogen (secondary N) is 1. The van der Waals surface area contributed by atoms with Crippen LogP contribution in [0.4, 0.5) is 14.6 Å². The molecule has 0 bridgehead atoms. The van der Waals surface area contributed by atoms with Crippen LogP contribution in [0.5, 0.6) is 0 Å². The van der Waals surface area contributed by atoms with E-state index in [0.717, 1.165) is 75.2 Å². The number of nitrogens with zero attached hydrogens (tertiary/aromatic N) is 5. The molecule has 8 heteroatoms. The van der Waals surface area contributed by atoms with Gasteiger partial charge in [-0.3, -0.25) is 0 Å². The largest absolute Gasteiger partial charge is 0.354 e. The number of imidazole rings is 1. The summed E-state index contributed by atoms with van der Waals surface area (Å²) in [6.07, 6.45) is 4.13. The molecule has 1 aromatic carbocycles. The van der Waals surface area contributed by atoms with E-state index < -0.39 is 11.6 Å². The fourth-order valence-corrected chi connectivity index (χ4v) is 4.78. The van der Waals surface area contributed by atoms with Crippen molar-refractivity contribution >= 4 is 16.9 Å². The molecule has 0 radical (unpaired) electrons. The lowest BCUT2D eigenvalue weighted by Gasteiger charge is -2.38. The number of halogens is 2. The van der Waals surface area contributed by atoms with Crippen LogP contribution in [-0.4, -0.2) is 77.6 Å². The molecular weight excluding hydrogens is 398 g/mol. The summed E-state index contributed by atoms with van der Waals surface area (Å²) in [5.74, 6) is 0.673. The van der Waals surface area contributed by atoms with Crippen molar-refractivity contribution in [3.8, 4) is 11.4 Å². The van der Waals surface area contributed by atoms with Crippen molar-refractivity contribution < 1.29 is 8.78 Å². The highest BCUT2D eigenvalue weighted by Gasteiger charge is 2.26. The second-order valence-corrected chi connectivity index (χ2v) is 8.83. The highest BCUT2D eigenvalue weighted by Crippen LogP contribution is 2.30. The third-order valence-electron chi connectivity index (χ3n) is 6.45. The topological polar surface area (TPSA) is 51.3 Å². The Kier molecular flexibility index (Phi) is 5.58. The SMILES string of the molecule is CN1CCN(C[C@H]2CCCN(c3nccc4[nH]c(-c5cc(F)cc(F)c5)nc34)C2)CC1. The predicted octanol–water partition coefficient (Wildman–Crippen LogP) is 3.37. The number of anilines is 1. The Morgan fingerprint density at radius 2 is 1.84 bits per heavy atom. The Labute approximate surface area is 180 Å². The summed E-state index contributed by atoms with van der Waals surface area (Å²) >= 11 is 0. The molecule has 31 heavy (non-hydrogen) atoms. The van der Waals surface area contributed by atoms with E-state index in [1.807, 2.05) is 6.07 Å². The molecule has 0 unspecified atom stereocenters. The number of likely N-dealkylation sites (N-methyl/N-ethyl adjacent to an activating group) is 1. The van der Waals surface area contributed by atoms with Crippen LogP contribution in [0.25, 0.3) is 22.4 Å². The summed E-state index contributed by atoms with van der Waals surface area (Å²) in [4.78, 5) is 19.8. The maximum atomic E-state index is 13.7. The van der Waals surface area contributed by atoms with Crippen LogP contribution in [0.15, 0.2) is 30.5 Å². The van der Waals surface area contributed by atoms with Gasteiger partial charge in [-0.25, -0.2) is 18.7 Å². The number of hydrogen-bond acceptors (Lipinski definition) is 5. The number of aromatic nitrogens is 3. The summed E-state index contributed by atoms with van der Waals surface area (Å²) in [6, 6.07) is 5.31. The fourth-order valence-electron chi connectivity index (χ4n) is 4.78. The van der Waals surface area contributed by atoms with Crippen LogP contribution in [0.2, 0.25) is 0 Å². The van der Waals surface area contributed by atoms with Crippen molar-refractivity contribution in [3.63, 3.8) is 0 Å². The number of pyridine rings is 1. The second-order valence-electron chi connectivity index (χ2n) is 8.83. The van der Waals surface area contributed by atoms with Gasteiger partial charge in [0.25, 0.3) is 0 Å². The third-order valence-corrected chi connectivity index (χ3v) is 6.45. The third kappa shape index (κ3) is 4.41. The van der Waals surface area contributed by atoms with E-state index in [9.17, 15) is 8.78 Å². The maximum Gasteiger partial charge on any atom is 0.156 e. The molecule has 5 rings (SSSR count). The second kappa shape index (κ2) is 8.51. The molecule has 3 aromatic rings. The summed E-state index contributed by atoms with van der Waals surface area (Å²) in [5.41, 5.74) is 1.97. The number of H-pyrrole nitrogens is 1. The van der Waals surface area contributed by atoms with Crippen LogP contribution in [-0.2, 0) is 0 Å². The lowest BCUT2D eigenvalue weighted by Crippen LogP contribution is -2.48. The number of piperazine rings is 1. The van der Waals surface area contributed by atoms with Crippen LogP contribution in [0.3, 0.4) is 0 Å². The highest BCUT2D eigenvalue weighted by atomic mass is 19.1. The van der Waals surface area contributed by atoms with Crippen LogP contribution in [0.1, 0.15) is 12.8 Å². The van der Waals surface area contributed by atoms with E-state index >= 15 is 0 Å². The van der Waals surface area contributed by atoms with Gasteiger partial charge in [-0.1, -0.05) is 0 Å². The molecule has 1 N–H and O–H groups in total. The number of aromatic amines is 1. The Balaban J connectivity index is 1.37. The molecule has 0 amide bonds. The van der Waals surface area contributed by atoms with Crippen molar-refractivity contribution in [2.75, 3.05) is 57.8 Å². The van der Waals surface area contributed by atoms with Gasteiger partial charge in [0.1, 0.15) is 23.0 Å². The summed E-state index contributed by atoms with van der Waals surface area (Å²) in [5, 5.41) is 0. The monoisotopic (exact) mass is 426 g/mol. The van der Waals surface area contributed by atoms with Crippen molar-refractivity contribution in [3.05, 3.63) is 42.1 Å². The van der Waals surface area contributed by atoms with Crippen LogP contribution in [0, 0.1) is 17.6 Å². The van der Waals surface area contributed by atoms with Crippen molar-refractivity contribution in [2.24, 2.45) is 5.92 Å². The summed E-state index contributed by atoms with van der Waals surface area (Å²) < 4.78 is 27.4. The zero-order valence-corrected chi connectivity index (χ0v) is 17.8. The van der Waals surface area contributed by atoms with Gasteiger partial charge in [-0.15, -0.1) is 0 Å². The zero-order valence-electron chi connectivity index (χ0n) is 17.8. The summed E-state index contributed by atoms with van der Waals surface area (Å²) in [7, 11) is 2.18. The first-order valence-electron chi connectivity index (χ1n) is 11.0. The number of piperidine rings is 1. The van der Waals surface area contributed by atoms with Crippen molar-refractivity contribution in [1.82, 2.24) is 24.8 Å². The highest BCUT2D eigenvalue weighted by molar-refractivity contribution is 5.88. The van der Waals surface area contributed by atoms with Crippen LogP contribution < -0.4 is 4.90 Å². The molecule has 2 saturated heterocycles. The van der Waals surface area contributed by atoms with Gasteiger partial charge in [0.05, 0.1) is 5.52 Å². The molecule has 164 valence electrons. The lowest BCUT2D eigenvalue weighted by molar-refractivity contribution is 0.131. The van der Waals surface area contributed by atoms with Crippen molar-refractivity contribution in [1.29, 1.82) is 0 Å². The quantitative estimate of drug-likeness (QED) is 0.693. The van der Waals surface area contributed by atoms with Gasteiger partial charge >= 0.3 is 0 Å². The Bertz CT molecular complexity index is 1040. The number of hydrogen-bond donors (Lipinski definition) is 1. The van der Waals surface area contributed by atoms with Gasteiger partial charge in [-0.05, 0) is 44.0 Å². The molecule has 2 fully saturated rings. The van der Waals surface area contributed by atoms with Gasteiger partial charge in [-0.2, -0.15) is 0 Å². The molecular formula is C23H28F2N6. The van der Waals surface area contributed by atoms with E-state index in [4.69, 9.17) is 0 Å². The Morgan fingerprint density at radius 1 is 1.06 bits per heavy atom. The smallest absolute Gasteiger partial charge is 0.156 e. The standard InChI is InChI=1S/C23H28F2N6/c1-29-7-9-30(10-8-29)14-16-3-2-6-31(15-16)23-21-20(4-5-26-23)27-22(28-21)17-11-18(24)13-19(25)12-17/h4-5,11-13,16H,2-3,6-10,14-15H2,1H3,(H,27,28)/t16-/m1/s1. The predicted molar refractivity (Wildman–Crippen MR) is 118 cm³/mol. The number of fused-ring (bicyclic) bond motifs is 1. The molecule has 2 aliphatic heterocycles. The van der Waals surface area contributed by atoms with E-state index in [2.05, 4.69) is 36.7 Å². The van der Waals surface area contributed by atoms with E-state index in [-0.39, 0.29) is 0 Å². The van der Waals surface area contributed by atoms with Crippen molar-refractivity contribution in [2.45, 2.75) is 12.8 Å². The maximum absolute atomic E-state index is 13.7. The zero-order chi connectivity index (χ0) is 21.4. The molecule has 0 aliphatic carbocycles. The first-order chi connectivity index (χ1) is 15.0. The molecule has 0 spiro atoms. The first kappa shape index (κ1) is 20.3. The minimum Gasteiger partial charge on any atom is -0.354 e. The number of rotatable bonds is 4. The molecule has 2 aromatic heterocycles. The first-order valence-corrected chi connectivity index (χ1v) is 11.0. The molecule has 1 atom stereocenters. The van der Waals surface area contributed by atoms with E-state index in [1.165, 1.54) is 18.6 Å². The minimum atomic E-state index is -0.614.